The van der Waals surface area contributed by atoms with Crippen molar-refractivity contribution in [1.29, 1.82) is 0 Å². The van der Waals surface area contributed by atoms with E-state index in [0.29, 0.717) is 0 Å². The van der Waals surface area contributed by atoms with Crippen LogP contribution in [0.3, 0.4) is 0 Å². The van der Waals surface area contributed by atoms with Crippen LogP contribution in [0.2, 0.25) is 0 Å². The minimum Gasteiger partial charge on any atom is -0.459 e. The first-order chi connectivity index (χ1) is 6.90. The average Bonchev–Trinajstić information content (AvgIpc) is 2.15. The van der Waals surface area contributed by atoms with Crippen molar-refractivity contribution >= 4 is 18.4 Å². The molecule has 0 saturated heterocycles. The molecule has 1 aromatic rings. The zero-order chi connectivity index (χ0) is 11.5. The number of benzene rings is 1. The van der Waals surface area contributed by atoms with Gasteiger partial charge in [-0.3, -0.25) is 0 Å². The van der Waals surface area contributed by atoms with Crippen molar-refractivity contribution in [1.82, 2.24) is 0 Å². The lowest BCUT2D eigenvalue weighted by Crippen LogP contribution is -2.31. The monoisotopic (exact) mass is 243 g/mol. The topological polar surface area (TPSA) is 52.3 Å². The summed E-state index contributed by atoms with van der Waals surface area (Å²) in [7, 11) is 0. The second-order valence-electron chi connectivity index (χ2n) is 4.42. The Morgan fingerprint density at radius 2 is 1.75 bits per heavy atom. The fraction of sp³-hybridized carbons (Fsp3) is 0.417. The molecule has 1 aromatic carbocycles. The van der Waals surface area contributed by atoms with Gasteiger partial charge in [-0.25, -0.2) is 4.79 Å². The minimum atomic E-state index is -0.703. The molecular formula is C12H18ClNO2. The summed E-state index contributed by atoms with van der Waals surface area (Å²) in [6.45, 7) is 5.47. The molecule has 2 N–H and O–H groups in total. The zero-order valence-corrected chi connectivity index (χ0v) is 10.6. The van der Waals surface area contributed by atoms with Crippen molar-refractivity contribution in [3.63, 3.8) is 0 Å². The van der Waals surface area contributed by atoms with Crippen molar-refractivity contribution in [2.45, 2.75) is 32.4 Å². The van der Waals surface area contributed by atoms with Gasteiger partial charge in [-0.15, -0.1) is 12.4 Å². The predicted octanol–water partition coefficient (Wildman–Crippen LogP) is 2.45. The van der Waals surface area contributed by atoms with E-state index in [2.05, 4.69) is 0 Å². The molecule has 16 heavy (non-hydrogen) atoms. The third kappa shape index (κ3) is 4.64. The lowest BCUT2D eigenvalue weighted by Gasteiger charge is -2.22. The summed E-state index contributed by atoms with van der Waals surface area (Å²) >= 11 is 0. The van der Waals surface area contributed by atoms with Gasteiger partial charge in [-0.1, -0.05) is 30.3 Å². The highest BCUT2D eigenvalue weighted by molar-refractivity contribution is 5.85. The highest BCUT2D eigenvalue weighted by Crippen LogP contribution is 2.15. The number of halogens is 1. The van der Waals surface area contributed by atoms with Crippen LogP contribution in [0, 0.1) is 0 Å². The zero-order valence-electron chi connectivity index (χ0n) is 9.77. The van der Waals surface area contributed by atoms with Gasteiger partial charge in [-0.2, -0.15) is 0 Å². The van der Waals surface area contributed by atoms with Crippen LogP contribution in [0.4, 0.5) is 0 Å². The van der Waals surface area contributed by atoms with E-state index in [1.165, 1.54) is 0 Å². The number of esters is 1. The Labute approximate surface area is 102 Å². The molecule has 0 aromatic heterocycles. The molecule has 0 fully saturated rings. The molecule has 0 unspecified atom stereocenters. The summed E-state index contributed by atoms with van der Waals surface area (Å²) in [5, 5.41) is 0. The first-order valence-electron chi connectivity index (χ1n) is 4.93. The Hall–Kier alpha value is -1.06. The second kappa shape index (κ2) is 5.87. The molecule has 0 heterocycles. The maximum Gasteiger partial charge on any atom is 0.328 e. The Kier molecular flexibility index (Phi) is 5.48. The van der Waals surface area contributed by atoms with Crippen LogP contribution in [0.1, 0.15) is 32.4 Å². The third-order valence-corrected chi connectivity index (χ3v) is 1.82. The van der Waals surface area contributed by atoms with Gasteiger partial charge in [0, 0.05) is 0 Å². The molecule has 0 aliphatic heterocycles. The molecule has 0 bridgehead atoms. The number of ether oxygens (including phenoxy) is 1. The molecule has 1 rings (SSSR count). The highest BCUT2D eigenvalue weighted by Gasteiger charge is 2.22. The molecule has 3 nitrogen and oxygen atoms in total. The van der Waals surface area contributed by atoms with E-state index in [0.717, 1.165) is 5.56 Å². The number of carbonyl (C=O) groups is 1. The molecule has 4 heteroatoms. The number of nitrogens with two attached hydrogens (primary N) is 1. The standard InChI is InChI=1S/C12H17NO2.ClH/c1-12(2,3)15-11(14)10(13)9-7-5-4-6-8-9;/h4-8,10H,13H2,1-3H3;1H/t10-;/m1./s1. The van der Waals surface area contributed by atoms with Crippen molar-refractivity contribution in [2.24, 2.45) is 5.73 Å². The number of carbonyl (C=O) groups excluding carboxylic acids is 1. The lowest BCUT2D eigenvalue weighted by atomic mass is 10.1. The van der Waals surface area contributed by atoms with E-state index in [1.807, 2.05) is 51.1 Å². The summed E-state index contributed by atoms with van der Waals surface area (Å²) in [4.78, 5) is 11.6. The summed E-state index contributed by atoms with van der Waals surface area (Å²) in [6, 6.07) is 8.50. The van der Waals surface area contributed by atoms with Crippen LogP contribution >= 0.6 is 12.4 Å². The summed E-state index contributed by atoms with van der Waals surface area (Å²) in [6.07, 6.45) is 0. The third-order valence-electron chi connectivity index (χ3n) is 1.82. The van der Waals surface area contributed by atoms with Gasteiger partial charge in [0.25, 0.3) is 0 Å². The van der Waals surface area contributed by atoms with Gasteiger partial charge < -0.3 is 10.5 Å². The van der Waals surface area contributed by atoms with Crippen LogP contribution in [0.25, 0.3) is 0 Å². The lowest BCUT2D eigenvalue weighted by molar-refractivity contribution is -0.156. The Balaban J connectivity index is 0.00000225. The van der Waals surface area contributed by atoms with Gasteiger partial charge in [0.2, 0.25) is 0 Å². The van der Waals surface area contributed by atoms with Gasteiger partial charge in [0.1, 0.15) is 11.6 Å². The van der Waals surface area contributed by atoms with Crippen molar-refractivity contribution in [3.8, 4) is 0 Å². The Morgan fingerprint density at radius 3 is 2.19 bits per heavy atom. The maximum atomic E-state index is 11.6. The van der Waals surface area contributed by atoms with E-state index in [-0.39, 0.29) is 12.4 Å². The quantitative estimate of drug-likeness (QED) is 0.812. The average molecular weight is 244 g/mol. The predicted molar refractivity (Wildman–Crippen MR) is 66.5 cm³/mol. The number of hydrogen-bond acceptors (Lipinski definition) is 3. The van der Waals surface area contributed by atoms with E-state index in [4.69, 9.17) is 10.5 Å². The first-order valence-corrected chi connectivity index (χ1v) is 4.93. The minimum absolute atomic E-state index is 0. The van der Waals surface area contributed by atoms with Gasteiger partial charge >= 0.3 is 5.97 Å². The summed E-state index contributed by atoms with van der Waals surface area (Å²) < 4.78 is 5.19. The molecule has 0 aliphatic carbocycles. The fourth-order valence-electron chi connectivity index (χ4n) is 1.16. The van der Waals surface area contributed by atoms with Crippen LogP contribution in [0.15, 0.2) is 30.3 Å². The molecule has 0 spiro atoms. The van der Waals surface area contributed by atoms with Crippen LogP contribution < -0.4 is 5.73 Å². The normalized spacial score (nSPS) is 12.5. The molecule has 0 aliphatic rings. The van der Waals surface area contributed by atoms with E-state index in [9.17, 15) is 4.79 Å². The maximum absolute atomic E-state index is 11.6. The molecule has 90 valence electrons. The number of rotatable bonds is 2. The van der Waals surface area contributed by atoms with E-state index >= 15 is 0 Å². The SMILES string of the molecule is CC(C)(C)OC(=O)[C@H](N)c1ccccc1.Cl. The molecule has 0 radical (unpaired) electrons. The molecular weight excluding hydrogens is 226 g/mol. The van der Waals surface area contributed by atoms with Crippen molar-refractivity contribution in [3.05, 3.63) is 35.9 Å². The van der Waals surface area contributed by atoms with E-state index in [1.54, 1.807) is 0 Å². The van der Waals surface area contributed by atoms with Crippen LogP contribution in [0.5, 0.6) is 0 Å². The van der Waals surface area contributed by atoms with Crippen molar-refractivity contribution in [2.75, 3.05) is 0 Å². The summed E-state index contributed by atoms with van der Waals surface area (Å²) in [5.41, 5.74) is 6.04. The van der Waals surface area contributed by atoms with Gasteiger partial charge in [0.05, 0.1) is 0 Å². The van der Waals surface area contributed by atoms with Crippen molar-refractivity contribution < 1.29 is 9.53 Å². The highest BCUT2D eigenvalue weighted by atomic mass is 35.5. The molecule has 1 atom stereocenters. The smallest absolute Gasteiger partial charge is 0.328 e. The van der Waals surface area contributed by atoms with Gasteiger partial charge in [-0.05, 0) is 26.3 Å². The fourth-order valence-corrected chi connectivity index (χ4v) is 1.16. The molecule has 0 amide bonds. The van der Waals surface area contributed by atoms with Crippen LogP contribution in [-0.2, 0) is 9.53 Å². The first kappa shape index (κ1) is 14.9. The Bertz CT molecular complexity index is 333. The van der Waals surface area contributed by atoms with Gasteiger partial charge in [0.15, 0.2) is 0 Å². The second-order valence-corrected chi connectivity index (χ2v) is 4.42. The largest absolute Gasteiger partial charge is 0.459 e. The number of hydrogen-bond donors (Lipinski definition) is 1. The van der Waals surface area contributed by atoms with Crippen LogP contribution in [-0.4, -0.2) is 11.6 Å². The summed E-state index contributed by atoms with van der Waals surface area (Å²) in [5.74, 6) is -0.395. The van der Waals surface area contributed by atoms with E-state index < -0.39 is 17.6 Å². The Morgan fingerprint density at radius 1 is 1.25 bits per heavy atom. The molecule has 0 saturated carbocycles.